The summed E-state index contributed by atoms with van der Waals surface area (Å²) in [5.74, 6) is 0. The summed E-state index contributed by atoms with van der Waals surface area (Å²) < 4.78 is 0. The lowest BCUT2D eigenvalue weighted by Crippen LogP contribution is -2.23. The Morgan fingerprint density at radius 3 is 2.05 bits per heavy atom. The largest absolute Gasteiger partial charge is 0.392 e. The van der Waals surface area contributed by atoms with Crippen LogP contribution in [0.2, 0.25) is 0 Å². The average Bonchev–Trinajstić information content (AvgIpc) is 2.96. The molecule has 0 heterocycles. The number of aliphatic hydroxyl groups excluding tert-OH is 2. The summed E-state index contributed by atoms with van der Waals surface area (Å²) in [6.45, 7) is 11.3. The number of hydrogen-bond donors (Lipinski definition) is 4. The van der Waals surface area contributed by atoms with Crippen LogP contribution < -0.4 is 5.32 Å². The lowest BCUT2D eigenvalue weighted by Gasteiger charge is -2.27. The van der Waals surface area contributed by atoms with E-state index in [1.54, 1.807) is 0 Å². The first kappa shape index (κ1) is 30.0. The van der Waals surface area contributed by atoms with Crippen LogP contribution in [-0.4, -0.2) is 15.3 Å². The molecule has 1 atom stereocenters. The number of aryl methyl sites for hydroxylation is 2. The van der Waals surface area contributed by atoms with Crippen LogP contribution in [0.1, 0.15) is 105 Å². The summed E-state index contributed by atoms with van der Waals surface area (Å²) in [6.07, 6.45) is 5.35. The van der Waals surface area contributed by atoms with E-state index in [4.69, 9.17) is 0 Å². The van der Waals surface area contributed by atoms with Gasteiger partial charge in [0, 0.05) is 12.6 Å². The molecule has 4 N–H and O–H groups in total. The smallest absolute Gasteiger partial charge is 0.0891 e. The van der Waals surface area contributed by atoms with Gasteiger partial charge in [-0.25, -0.2) is 0 Å². The molecule has 0 fully saturated rings. The summed E-state index contributed by atoms with van der Waals surface area (Å²) in [4.78, 5) is 0. The minimum Gasteiger partial charge on any atom is -0.392 e. The van der Waals surface area contributed by atoms with E-state index < -0.39 is 5.60 Å². The van der Waals surface area contributed by atoms with Gasteiger partial charge in [0.2, 0.25) is 0 Å². The maximum atomic E-state index is 11.2. The Hall–Kier alpha value is -2.50. The Morgan fingerprint density at radius 1 is 0.737 bits per heavy atom. The highest BCUT2D eigenvalue weighted by atomic mass is 16.3. The molecular formula is C34H47NO3. The summed E-state index contributed by atoms with van der Waals surface area (Å²) in [5.41, 5.74) is 9.34. The highest BCUT2D eigenvalue weighted by molar-refractivity contribution is 5.72. The molecule has 0 saturated heterocycles. The van der Waals surface area contributed by atoms with Crippen molar-refractivity contribution < 1.29 is 15.3 Å². The van der Waals surface area contributed by atoms with Gasteiger partial charge < -0.3 is 20.6 Å². The number of nitrogens with one attached hydrogen (secondary N) is 1. The third-order valence-corrected chi connectivity index (χ3v) is 8.11. The normalized spacial score (nSPS) is 12.6. The van der Waals surface area contributed by atoms with Crippen LogP contribution in [0.25, 0.3) is 11.1 Å². The summed E-state index contributed by atoms with van der Waals surface area (Å²) in [5, 5.41) is 34.1. The third kappa shape index (κ3) is 6.73. The second-order valence-electron chi connectivity index (χ2n) is 10.4. The minimum absolute atomic E-state index is 0.0646. The van der Waals surface area contributed by atoms with Gasteiger partial charge in [0.1, 0.15) is 0 Å². The van der Waals surface area contributed by atoms with Crippen LogP contribution in [0.5, 0.6) is 0 Å². The van der Waals surface area contributed by atoms with Crippen molar-refractivity contribution in [3.05, 3.63) is 93.5 Å². The van der Waals surface area contributed by atoms with Crippen molar-refractivity contribution in [1.29, 1.82) is 0 Å². The van der Waals surface area contributed by atoms with Crippen molar-refractivity contribution in [2.45, 2.75) is 105 Å². The maximum absolute atomic E-state index is 11.2. The third-order valence-electron chi connectivity index (χ3n) is 8.11. The van der Waals surface area contributed by atoms with Gasteiger partial charge in [-0.1, -0.05) is 89.6 Å². The highest BCUT2D eigenvalue weighted by Crippen LogP contribution is 2.36. The number of rotatable bonds is 14. The van der Waals surface area contributed by atoms with Crippen molar-refractivity contribution in [2.75, 3.05) is 0 Å². The fraction of sp³-hybridized carbons (Fsp3) is 0.471. The second-order valence-corrected chi connectivity index (χ2v) is 10.4. The first-order valence-corrected chi connectivity index (χ1v) is 14.4. The molecule has 0 amide bonds. The van der Waals surface area contributed by atoms with Crippen molar-refractivity contribution in [3.63, 3.8) is 0 Å². The highest BCUT2D eigenvalue weighted by Gasteiger charge is 2.26. The first-order chi connectivity index (χ1) is 18.4. The van der Waals surface area contributed by atoms with Gasteiger partial charge >= 0.3 is 0 Å². The van der Waals surface area contributed by atoms with E-state index in [-0.39, 0.29) is 19.3 Å². The summed E-state index contributed by atoms with van der Waals surface area (Å²) in [6, 6.07) is 19.5. The Bertz CT molecular complexity index is 1180. The summed E-state index contributed by atoms with van der Waals surface area (Å²) in [7, 11) is 0. The minimum atomic E-state index is -0.779. The van der Waals surface area contributed by atoms with Crippen LogP contribution in [-0.2, 0) is 38.2 Å². The van der Waals surface area contributed by atoms with E-state index in [1.165, 1.54) is 27.8 Å². The molecule has 1 unspecified atom stereocenters. The average molecular weight is 518 g/mol. The Morgan fingerprint density at radius 2 is 1.45 bits per heavy atom. The van der Waals surface area contributed by atoms with Crippen molar-refractivity contribution in [1.82, 2.24) is 5.32 Å². The maximum Gasteiger partial charge on any atom is 0.0891 e. The van der Waals surface area contributed by atoms with Gasteiger partial charge in [-0.15, -0.1) is 0 Å². The number of benzene rings is 3. The van der Waals surface area contributed by atoms with Crippen LogP contribution in [0.3, 0.4) is 0 Å². The Kier molecular flexibility index (Phi) is 11.1. The molecule has 0 saturated carbocycles. The van der Waals surface area contributed by atoms with E-state index in [0.29, 0.717) is 19.4 Å². The van der Waals surface area contributed by atoms with Crippen molar-refractivity contribution in [2.24, 2.45) is 0 Å². The zero-order valence-electron chi connectivity index (χ0n) is 24.0. The fourth-order valence-corrected chi connectivity index (χ4v) is 5.48. The fourth-order valence-electron chi connectivity index (χ4n) is 5.48. The monoisotopic (exact) mass is 517 g/mol. The molecule has 3 rings (SSSR count). The SMILES string of the molecule is CCCc1cc(C(O)(CC)CC)ccc1-c1cc(C(CC)NCc2ccc(CO)c(CO)c2)ccc1CC. The lowest BCUT2D eigenvalue weighted by atomic mass is 9.83. The number of aliphatic hydroxyl groups is 3. The Balaban J connectivity index is 1.96. The van der Waals surface area contributed by atoms with E-state index in [9.17, 15) is 15.3 Å². The Labute approximate surface area is 229 Å². The molecule has 4 heteroatoms. The van der Waals surface area contributed by atoms with Gasteiger partial charge in [0.15, 0.2) is 0 Å². The van der Waals surface area contributed by atoms with Gasteiger partial charge in [-0.3, -0.25) is 0 Å². The quantitative estimate of drug-likeness (QED) is 0.184. The van der Waals surface area contributed by atoms with Crippen LogP contribution in [0.4, 0.5) is 0 Å². The molecule has 4 nitrogen and oxygen atoms in total. The summed E-state index contributed by atoms with van der Waals surface area (Å²) >= 11 is 0. The van der Waals surface area contributed by atoms with E-state index in [1.807, 2.05) is 18.2 Å². The molecule has 0 aliphatic carbocycles. The molecule has 3 aromatic rings. The second kappa shape index (κ2) is 14.0. The molecular weight excluding hydrogens is 470 g/mol. The van der Waals surface area contributed by atoms with E-state index in [2.05, 4.69) is 76.3 Å². The lowest BCUT2D eigenvalue weighted by molar-refractivity contribution is 0.0283. The van der Waals surface area contributed by atoms with Gasteiger partial charge in [0.05, 0.1) is 18.8 Å². The van der Waals surface area contributed by atoms with Crippen LogP contribution >= 0.6 is 0 Å². The standard InChI is InChI=1S/C34H47NO3/c1-6-11-26-19-30(34(38,9-4)10-5)16-17-31(26)32-20-27(15-14-25(32)7-2)33(8-3)35-21-24-12-13-28(22-36)29(18-24)23-37/h12-20,33,35-38H,6-11,21-23H2,1-5H3. The molecule has 3 aromatic carbocycles. The molecule has 206 valence electrons. The zero-order chi connectivity index (χ0) is 27.7. The molecule has 0 spiro atoms. The van der Waals surface area contributed by atoms with E-state index in [0.717, 1.165) is 47.9 Å². The van der Waals surface area contributed by atoms with Gasteiger partial charge in [-0.05, 0) is 88.2 Å². The number of hydrogen-bond acceptors (Lipinski definition) is 4. The zero-order valence-corrected chi connectivity index (χ0v) is 24.0. The van der Waals surface area contributed by atoms with Gasteiger partial charge in [0.25, 0.3) is 0 Å². The first-order valence-electron chi connectivity index (χ1n) is 14.4. The van der Waals surface area contributed by atoms with Gasteiger partial charge in [-0.2, -0.15) is 0 Å². The molecule has 0 aliphatic rings. The molecule has 0 bridgehead atoms. The molecule has 0 aliphatic heterocycles. The topological polar surface area (TPSA) is 72.7 Å². The van der Waals surface area contributed by atoms with Crippen LogP contribution in [0.15, 0.2) is 54.6 Å². The van der Waals surface area contributed by atoms with Crippen molar-refractivity contribution in [3.8, 4) is 11.1 Å². The van der Waals surface area contributed by atoms with Crippen molar-refractivity contribution >= 4 is 0 Å². The predicted octanol–water partition coefficient (Wildman–Crippen LogP) is 7.10. The molecule has 0 aromatic heterocycles. The molecule has 38 heavy (non-hydrogen) atoms. The molecule has 0 radical (unpaired) electrons. The predicted molar refractivity (Wildman–Crippen MR) is 158 cm³/mol. The van der Waals surface area contributed by atoms with E-state index >= 15 is 0 Å². The van der Waals surface area contributed by atoms with Crippen LogP contribution in [0, 0.1) is 0 Å².